The third-order valence-corrected chi connectivity index (χ3v) is 3.41. The van der Waals surface area contributed by atoms with E-state index in [4.69, 9.17) is 10.8 Å². The summed E-state index contributed by atoms with van der Waals surface area (Å²) in [6.45, 7) is 2.50. The normalized spacial score (nSPS) is 16.6. The lowest BCUT2D eigenvalue weighted by molar-refractivity contribution is 0.191. The summed E-state index contributed by atoms with van der Waals surface area (Å²) in [5.74, 6) is 0.450. The number of amides is 1. The van der Waals surface area contributed by atoms with E-state index in [1.165, 1.54) is 5.69 Å². The van der Waals surface area contributed by atoms with Crippen LogP contribution in [0.2, 0.25) is 0 Å². The number of nitrogens with two attached hydrogens (primary N) is 1. The van der Waals surface area contributed by atoms with E-state index in [-0.39, 0.29) is 0 Å². The van der Waals surface area contributed by atoms with Gasteiger partial charge in [-0.1, -0.05) is 0 Å². The average Bonchev–Trinajstić information content (AvgIpc) is 2.38. The molecular weight excluding hydrogens is 230 g/mol. The van der Waals surface area contributed by atoms with Gasteiger partial charge in [0, 0.05) is 31.0 Å². The van der Waals surface area contributed by atoms with Crippen molar-refractivity contribution in [3.05, 3.63) is 24.3 Å². The molecule has 1 aromatic rings. The van der Waals surface area contributed by atoms with E-state index in [1.54, 1.807) is 0 Å². The lowest BCUT2D eigenvalue weighted by Gasteiger charge is -2.33. The van der Waals surface area contributed by atoms with Gasteiger partial charge in [-0.15, -0.1) is 0 Å². The van der Waals surface area contributed by atoms with Crippen molar-refractivity contribution in [2.24, 2.45) is 5.92 Å². The van der Waals surface area contributed by atoms with Gasteiger partial charge in [0.15, 0.2) is 0 Å². The minimum absolute atomic E-state index is 0.450. The zero-order chi connectivity index (χ0) is 13.0. The van der Waals surface area contributed by atoms with Gasteiger partial charge in [-0.3, -0.25) is 0 Å². The highest BCUT2D eigenvalue weighted by Crippen LogP contribution is 2.23. The standard InChI is InChI=1S/C13H19N3O2/c14-11-1-3-12(4-2-11)16-7-5-10(6-8-16)9-15-13(17)18/h1-4,10,15H,5-9,14H2,(H,17,18). The van der Waals surface area contributed by atoms with Crippen molar-refractivity contribution >= 4 is 17.5 Å². The molecule has 18 heavy (non-hydrogen) atoms. The Balaban J connectivity index is 1.83. The van der Waals surface area contributed by atoms with Gasteiger partial charge < -0.3 is 21.1 Å². The molecule has 0 radical (unpaired) electrons. The lowest BCUT2D eigenvalue weighted by Crippen LogP contribution is -2.38. The fraction of sp³-hybridized carbons (Fsp3) is 0.462. The first-order chi connectivity index (χ1) is 8.65. The zero-order valence-electron chi connectivity index (χ0n) is 10.3. The highest BCUT2D eigenvalue weighted by atomic mass is 16.4. The first kappa shape index (κ1) is 12.5. The second-order valence-electron chi connectivity index (χ2n) is 4.71. The minimum atomic E-state index is -0.934. The molecule has 0 unspecified atom stereocenters. The molecule has 4 N–H and O–H groups in total. The summed E-state index contributed by atoms with van der Waals surface area (Å²) in [6.07, 6.45) is 1.10. The molecule has 1 heterocycles. The van der Waals surface area contributed by atoms with Crippen molar-refractivity contribution in [2.45, 2.75) is 12.8 Å². The Morgan fingerprint density at radius 2 is 1.94 bits per heavy atom. The molecule has 5 nitrogen and oxygen atoms in total. The number of anilines is 2. The Labute approximate surface area is 107 Å². The Morgan fingerprint density at radius 1 is 1.33 bits per heavy atom. The molecule has 5 heteroatoms. The summed E-state index contributed by atoms with van der Waals surface area (Å²) >= 11 is 0. The Hall–Kier alpha value is -1.91. The number of carboxylic acid groups (broad SMARTS) is 1. The maximum absolute atomic E-state index is 10.4. The van der Waals surface area contributed by atoms with Crippen LogP contribution >= 0.6 is 0 Å². The smallest absolute Gasteiger partial charge is 0.404 e. The molecule has 0 atom stereocenters. The Bertz CT molecular complexity index is 397. The van der Waals surface area contributed by atoms with Crippen LogP contribution in [0, 0.1) is 5.92 Å². The number of carbonyl (C=O) groups is 1. The van der Waals surface area contributed by atoms with Crippen LogP contribution in [0.5, 0.6) is 0 Å². The summed E-state index contributed by atoms with van der Waals surface area (Å²) in [6, 6.07) is 7.89. The summed E-state index contributed by atoms with van der Waals surface area (Å²) in [5, 5.41) is 11.0. The maximum atomic E-state index is 10.4. The van der Waals surface area contributed by atoms with Gasteiger partial charge in [0.1, 0.15) is 0 Å². The fourth-order valence-corrected chi connectivity index (χ4v) is 2.31. The molecule has 0 aromatic heterocycles. The predicted octanol–water partition coefficient (Wildman–Crippen LogP) is 1.75. The predicted molar refractivity (Wildman–Crippen MR) is 71.8 cm³/mol. The van der Waals surface area contributed by atoms with E-state index >= 15 is 0 Å². The number of rotatable bonds is 3. The van der Waals surface area contributed by atoms with E-state index in [2.05, 4.69) is 10.2 Å². The van der Waals surface area contributed by atoms with Gasteiger partial charge >= 0.3 is 6.09 Å². The van der Waals surface area contributed by atoms with Crippen molar-refractivity contribution in [3.63, 3.8) is 0 Å². The third kappa shape index (κ3) is 3.29. The van der Waals surface area contributed by atoms with Crippen LogP contribution in [0.15, 0.2) is 24.3 Å². The molecule has 1 saturated heterocycles. The van der Waals surface area contributed by atoms with E-state index in [0.29, 0.717) is 12.5 Å². The maximum Gasteiger partial charge on any atom is 0.404 e. The second kappa shape index (κ2) is 5.62. The molecule has 1 aliphatic heterocycles. The van der Waals surface area contributed by atoms with Gasteiger partial charge in [-0.2, -0.15) is 0 Å². The van der Waals surface area contributed by atoms with E-state index in [1.807, 2.05) is 24.3 Å². The summed E-state index contributed by atoms with van der Waals surface area (Å²) < 4.78 is 0. The average molecular weight is 249 g/mol. The van der Waals surface area contributed by atoms with Crippen molar-refractivity contribution in [3.8, 4) is 0 Å². The van der Waals surface area contributed by atoms with Crippen LogP contribution in [-0.2, 0) is 0 Å². The SMILES string of the molecule is Nc1ccc(N2CCC(CNC(=O)O)CC2)cc1. The summed E-state index contributed by atoms with van der Waals surface area (Å²) in [5.41, 5.74) is 7.63. The number of benzene rings is 1. The molecule has 1 aliphatic rings. The number of hydrogen-bond acceptors (Lipinski definition) is 3. The summed E-state index contributed by atoms with van der Waals surface area (Å²) in [4.78, 5) is 12.7. The molecule has 0 spiro atoms. The minimum Gasteiger partial charge on any atom is -0.465 e. The molecule has 1 aromatic carbocycles. The van der Waals surface area contributed by atoms with E-state index < -0.39 is 6.09 Å². The fourth-order valence-electron chi connectivity index (χ4n) is 2.31. The van der Waals surface area contributed by atoms with Crippen LogP contribution in [0.3, 0.4) is 0 Å². The van der Waals surface area contributed by atoms with Crippen LogP contribution in [0.1, 0.15) is 12.8 Å². The van der Waals surface area contributed by atoms with Crippen molar-refractivity contribution in [1.82, 2.24) is 5.32 Å². The van der Waals surface area contributed by atoms with Crippen LogP contribution in [0.25, 0.3) is 0 Å². The van der Waals surface area contributed by atoms with Gasteiger partial charge in [-0.25, -0.2) is 4.79 Å². The Morgan fingerprint density at radius 3 is 2.50 bits per heavy atom. The lowest BCUT2D eigenvalue weighted by atomic mass is 9.96. The number of hydrogen-bond donors (Lipinski definition) is 3. The molecule has 1 amide bonds. The number of nitrogen functional groups attached to an aromatic ring is 1. The van der Waals surface area contributed by atoms with Gasteiger partial charge in [0.05, 0.1) is 0 Å². The largest absolute Gasteiger partial charge is 0.465 e. The molecule has 2 rings (SSSR count). The van der Waals surface area contributed by atoms with Crippen molar-refractivity contribution in [1.29, 1.82) is 0 Å². The third-order valence-electron chi connectivity index (χ3n) is 3.41. The van der Waals surface area contributed by atoms with E-state index in [9.17, 15) is 4.79 Å². The van der Waals surface area contributed by atoms with Crippen LogP contribution in [0.4, 0.5) is 16.2 Å². The number of nitrogens with zero attached hydrogens (tertiary/aromatic N) is 1. The molecule has 0 aliphatic carbocycles. The van der Waals surface area contributed by atoms with Crippen LogP contribution in [-0.4, -0.2) is 30.8 Å². The second-order valence-corrected chi connectivity index (χ2v) is 4.71. The molecule has 98 valence electrons. The van der Waals surface area contributed by atoms with Crippen molar-refractivity contribution < 1.29 is 9.90 Å². The quantitative estimate of drug-likeness (QED) is 0.713. The van der Waals surface area contributed by atoms with Crippen molar-refractivity contribution in [2.75, 3.05) is 30.3 Å². The molecule has 0 saturated carbocycles. The Kier molecular flexibility index (Phi) is 3.92. The molecule has 0 bridgehead atoms. The molecular formula is C13H19N3O2. The zero-order valence-corrected chi connectivity index (χ0v) is 10.3. The monoisotopic (exact) mass is 249 g/mol. The highest BCUT2D eigenvalue weighted by Gasteiger charge is 2.19. The van der Waals surface area contributed by atoms with Crippen LogP contribution < -0.4 is 16.0 Å². The topological polar surface area (TPSA) is 78.6 Å². The van der Waals surface area contributed by atoms with Gasteiger partial charge in [0.25, 0.3) is 0 Å². The van der Waals surface area contributed by atoms with Gasteiger partial charge in [0.2, 0.25) is 0 Å². The van der Waals surface area contributed by atoms with Gasteiger partial charge in [-0.05, 0) is 43.0 Å². The summed E-state index contributed by atoms with van der Waals surface area (Å²) in [7, 11) is 0. The number of piperidine rings is 1. The first-order valence-electron chi connectivity index (χ1n) is 6.22. The van der Waals surface area contributed by atoms with E-state index in [0.717, 1.165) is 31.6 Å². The highest BCUT2D eigenvalue weighted by molar-refractivity contribution is 5.64. The first-order valence-corrected chi connectivity index (χ1v) is 6.22. The molecule has 1 fully saturated rings. The number of nitrogens with one attached hydrogen (secondary N) is 1.